The van der Waals surface area contributed by atoms with E-state index in [9.17, 15) is 14.4 Å². The lowest BCUT2D eigenvalue weighted by molar-refractivity contribution is -0.181. The lowest BCUT2D eigenvalue weighted by Crippen LogP contribution is -2.39. The molecule has 0 spiro atoms. The molecule has 0 radical (unpaired) electrons. The zero-order valence-corrected chi connectivity index (χ0v) is 16.3. The van der Waals surface area contributed by atoms with Crippen LogP contribution in [0.3, 0.4) is 0 Å². The van der Waals surface area contributed by atoms with Crippen molar-refractivity contribution in [2.75, 3.05) is 13.9 Å². The second-order valence-electron chi connectivity index (χ2n) is 7.69. The molecule has 0 aromatic rings. The zero-order chi connectivity index (χ0) is 19.2. The molecule has 24 heavy (non-hydrogen) atoms. The molecule has 6 heteroatoms. The van der Waals surface area contributed by atoms with Gasteiger partial charge in [0.1, 0.15) is 0 Å². The zero-order valence-electron chi connectivity index (χ0n) is 16.3. The number of carbonyl (C=O) groups excluding carboxylic acids is 3. The van der Waals surface area contributed by atoms with Crippen LogP contribution in [0.15, 0.2) is 0 Å². The third-order valence-corrected chi connectivity index (χ3v) is 4.66. The van der Waals surface area contributed by atoms with Crippen LogP contribution in [0.2, 0.25) is 0 Å². The molecule has 0 saturated heterocycles. The Morgan fingerprint density at radius 3 is 1.67 bits per heavy atom. The average Bonchev–Trinajstić information content (AvgIpc) is 2.52. The van der Waals surface area contributed by atoms with E-state index in [0.717, 1.165) is 0 Å². The largest absolute Gasteiger partial charge is 0.469 e. The van der Waals surface area contributed by atoms with Crippen molar-refractivity contribution in [1.29, 1.82) is 0 Å². The van der Waals surface area contributed by atoms with Crippen molar-refractivity contribution in [2.24, 2.45) is 16.2 Å². The summed E-state index contributed by atoms with van der Waals surface area (Å²) in [6.45, 7) is 12.0. The third-order valence-electron chi connectivity index (χ3n) is 4.66. The van der Waals surface area contributed by atoms with Crippen LogP contribution >= 0.6 is 0 Å². The number of ether oxygens (including phenoxy) is 3. The molecule has 0 fully saturated rings. The van der Waals surface area contributed by atoms with E-state index in [1.807, 2.05) is 13.8 Å². The molecule has 0 bridgehead atoms. The SMILES string of the molecule is CCC(C)(C)C(=O)OCOC(=O)C(C)(CC)CC(C)(C)C(=O)OC. The van der Waals surface area contributed by atoms with Crippen LogP contribution in [-0.2, 0) is 28.6 Å². The maximum absolute atomic E-state index is 12.4. The highest BCUT2D eigenvalue weighted by molar-refractivity contribution is 5.80. The first-order chi connectivity index (χ1) is 10.9. The van der Waals surface area contributed by atoms with Gasteiger partial charge in [0.15, 0.2) is 0 Å². The van der Waals surface area contributed by atoms with Crippen LogP contribution in [0.25, 0.3) is 0 Å². The standard InChI is InChI=1S/C18H32O6/c1-9-16(3,4)14(20)23-12-24-15(21)18(7,10-2)11-17(5,6)13(19)22-8/h9-12H2,1-8H3. The summed E-state index contributed by atoms with van der Waals surface area (Å²) in [5.41, 5.74) is -2.31. The van der Waals surface area contributed by atoms with Crippen molar-refractivity contribution < 1.29 is 28.6 Å². The topological polar surface area (TPSA) is 78.9 Å². The van der Waals surface area contributed by atoms with Gasteiger partial charge in [-0.1, -0.05) is 13.8 Å². The molecule has 0 rings (SSSR count). The lowest BCUT2D eigenvalue weighted by atomic mass is 9.72. The Bertz CT molecular complexity index is 466. The maximum atomic E-state index is 12.4. The van der Waals surface area contributed by atoms with Crippen molar-refractivity contribution in [3.63, 3.8) is 0 Å². The Hall–Kier alpha value is -1.59. The van der Waals surface area contributed by atoms with Crippen LogP contribution in [0, 0.1) is 16.2 Å². The quantitative estimate of drug-likeness (QED) is 0.471. The second-order valence-corrected chi connectivity index (χ2v) is 7.69. The van der Waals surface area contributed by atoms with Crippen LogP contribution < -0.4 is 0 Å². The highest BCUT2D eigenvalue weighted by Crippen LogP contribution is 2.38. The van der Waals surface area contributed by atoms with Crippen molar-refractivity contribution in [3.8, 4) is 0 Å². The summed E-state index contributed by atoms with van der Waals surface area (Å²) in [5.74, 6) is -1.29. The maximum Gasteiger partial charge on any atom is 0.314 e. The second kappa shape index (κ2) is 8.49. The van der Waals surface area contributed by atoms with E-state index in [4.69, 9.17) is 14.2 Å². The van der Waals surface area contributed by atoms with Gasteiger partial charge in [0.2, 0.25) is 6.79 Å². The van der Waals surface area contributed by atoms with Crippen molar-refractivity contribution in [3.05, 3.63) is 0 Å². The van der Waals surface area contributed by atoms with Crippen molar-refractivity contribution in [2.45, 2.75) is 67.7 Å². The van der Waals surface area contributed by atoms with Crippen LogP contribution in [0.4, 0.5) is 0 Å². The molecule has 0 aromatic heterocycles. The monoisotopic (exact) mass is 344 g/mol. The van der Waals surface area contributed by atoms with E-state index in [2.05, 4.69) is 0 Å². The fourth-order valence-electron chi connectivity index (χ4n) is 2.32. The molecule has 6 nitrogen and oxygen atoms in total. The smallest absolute Gasteiger partial charge is 0.314 e. The first-order valence-corrected chi connectivity index (χ1v) is 8.29. The first kappa shape index (κ1) is 22.4. The first-order valence-electron chi connectivity index (χ1n) is 8.29. The third kappa shape index (κ3) is 5.80. The number of methoxy groups -OCH3 is 1. The van der Waals surface area contributed by atoms with Gasteiger partial charge in [0.25, 0.3) is 0 Å². The average molecular weight is 344 g/mol. The van der Waals surface area contributed by atoms with Crippen molar-refractivity contribution >= 4 is 17.9 Å². The molecule has 1 atom stereocenters. The highest BCUT2D eigenvalue weighted by Gasteiger charge is 2.42. The van der Waals surface area contributed by atoms with Crippen molar-refractivity contribution in [1.82, 2.24) is 0 Å². The van der Waals surface area contributed by atoms with E-state index in [1.54, 1.807) is 34.6 Å². The molecule has 0 aliphatic rings. The van der Waals surface area contributed by atoms with Gasteiger partial charge >= 0.3 is 17.9 Å². The molecule has 0 heterocycles. The fraction of sp³-hybridized carbons (Fsp3) is 0.833. The predicted octanol–water partition coefficient (Wildman–Crippen LogP) is 3.47. The number of carbonyl (C=O) groups is 3. The van der Waals surface area contributed by atoms with Gasteiger partial charge < -0.3 is 14.2 Å². The summed E-state index contributed by atoms with van der Waals surface area (Å²) in [7, 11) is 1.32. The number of esters is 3. The summed E-state index contributed by atoms with van der Waals surface area (Å²) in [4.78, 5) is 36.2. The normalized spacial score (nSPS) is 14.5. The van der Waals surface area contributed by atoms with Crippen LogP contribution in [0.1, 0.15) is 67.7 Å². The fourth-order valence-corrected chi connectivity index (χ4v) is 2.32. The summed E-state index contributed by atoms with van der Waals surface area (Å²) in [6, 6.07) is 0. The van der Waals surface area contributed by atoms with E-state index < -0.39 is 35.0 Å². The summed E-state index contributed by atoms with van der Waals surface area (Å²) < 4.78 is 15.0. The van der Waals surface area contributed by atoms with Gasteiger partial charge in [-0.25, -0.2) is 0 Å². The Morgan fingerprint density at radius 2 is 1.25 bits per heavy atom. The predicted molar refractivity (Wildman–Crippen MR) is 89.9 cm³/mol. The van der Waals surface area contributed by atoms with E-state index in [1.165, 1.54) is 7.11 Å². The molecule has 0 N–H and O–H groups in total. The summed E-state index contributed by atoms with van der Waals surface area (Å²) in [6.07, 6.45) is 1.39. The van der Waals surface area contributed by atoms with Gasteiger partial charge in [-0.15, -0.1) is 0 Å². The van der Waals surface area contributed by atoms with E-state index in [-0.39, 0.29) is 12.4 Å². The Kier molecular flexibility index (Phi) is 7.93. The minimum absolute atomic E-state index is 0.274. The molecule has 0 aliphatic carbocycles. The molecule has 0 aliphatic heterocycles. The van der Waals surface area contributed by atoms with Gasteiger partial charge in [0.05, 0.1) is 23.4 Å². The van der Waals surface area contributed by atoms with Gasteiger partial charge in [-0.05, 0) is 53.9 Å². The number of rotatable bonds is 9. The van der Waals surface area contributed by atoms with Gasteiger partial charge in [0, 0.05) is 0 Å². The minimum atomic E-state index is -0.871. The van der Waals surface area contributed by atoms with E-state index in [0.29, 0.717) is 12.8 Å². The highest BCUT2D eigenvalue weighted by atomic mass is 16.7. The molecule has 0 saturated carbocycles. The van der Waals surface area contributed by atoms with Crippen LogP contribution in [-0.4, -0.2) is 31.8 Å². The molecule has 0 amide bonds. The Morgan fingerprint density at radius 1 is 0.750 bits per heavy atom. The van der Waals surface area contributed by atoms with Gasteiger partial charge in [-0.2, -0.15) is 0 Å². The van der Waals surface area contributed by atoms with Crippen LogP contribution in [0.5, 0.6) is 0 Å². The molecule has 1 unspecified atom stereocenters. The minimum Gasteiger partial charge on any atom is -0.469 e. The summed E-state index contributed by atoms with van der Waals surface area (Å²) >= 11 is 0. The Labute approximate surface area is 145 Å². The Balaban J connectivity index is 4.81. The molecular weight excluding hydrogens is 312 g/mol. The molecule has 140 valence electrons. The molecule has 0 aromatic carbocycles. The van der Waals surface area contributed by atoms with Gasteiger partial charge in [-0.3, -0.25) is 14.4 Å². The molecular formula is C18H32O6. The number of hydrogen-bond donors (Lipinski definition) is 0. The summed E-state index contributed by atoms with van der Waals surface area (Å²) in [5, 5.41) is 0. The lowest BCUT2D eigenvalue weighted by Gasteiger charge is -2.33. The van der Waals surface area contributed by atoms with E-state index >= 15 is 0 Å². The number of hydrogen-bond acceptors (Lipinski definition) is 6.